The van der Waals surface area contributed by atoms with Gasteiger partial charge in [0.25, 0.3) is 11.5 Å². The number of para-hydroxylation sites is 1. The van der Waals surface area contributed by atoms with Crippen molar-refractivity contribution in [2.75, 3.05) is 58.5 Å². The van der Waals surface area contributed by atoms with Crippen molar-refractivity contribution in [3.8, 4) is 0 Å². The van der Waals surface area contributed by atoms with E-state index in [1.54, 1.807) is 15.5 Å². The van der Waals surface area contributed by atoms with Crippen LogP contribution in [-0.2, 0) is 14.6 Å². The number of rotatable bonds is 13. The summed E-state index contributed by atoms with van der Waals surface area (Å²) in [6.07, 6.45) is 5.15. The lowest BCUT2D eigenvalue weighted by molar-refractivity contribution is 0.0292. The first-order chi connectivity index (χ1) is 22.8. The van der Waals surface area contributed by atoms with Crippen LogP contribution in [0.5, 0.6) is 0 Å². The average Bonchev–Trinajstić information content (AvgIpc) is 3.26. The first kappa shape index (κ1) is 36.2. The Kier molecular flexibility index (Phi) is 11.8. The third-order valence-electron chi connectivity index (χ3n) is 10.0. The lowest BCUT2D eigenvalue weighted by atomic mass is 9.96. The summed E-state index contributed by atoms with van der Waals surface area (Å²) < 4.78 is 29.8. The van der Waals surface area contributed by atoms with Crippen molar-refractivity contribution >= 4 is 32.7 Å². The van der Waals surface area contributed by atoms with Crippen molar-refractivity contribution in [3.63, 3.8) is 0 Å². The van der Waals surface area contributed by atoms with Crippen molar-refractivity contribution in [3.05, 3.63) is 46.2 Å². The lowest BCUT2D eigenvalue weighted by Gasteiger charge is -2.40. The Morgan fingerprint density at radius 3 is 2.48 bits per heavy atom. The fourth-order valence-corrected chi connectivity index (χ4v) is 8.35. The van der Waals surface area contributed by atoms with E-state index >= 15 is 0 Å². The predicted molar refractivity (Wildman–Crippen MR) is 185 cm³/mol. The number of amides is 2. The number of benzene rings is 1. The zero-order chi connectivity index (χ0) is 34.6. The number of sulfone groups is 1. The van der Waals surface area contributed by atoms with E-state index in [0.29, 0.717) is 26.2 Å². The lowest BCUT2D eigenvalue weighted by Crippen LogP contribution is -2.54. The number of piperidine rings is 2. The highest BCUT2D eigenvalue weighted by molar-refractivity contribution is 7.90. The maximum Gasteiger partial charge on any atom is 0.409 e. The number of aromatic nitrogens is 1. The number of likely N-dealkylation sites (tertiary alicyclic amines) is 1. The largest absolute Gasteiger partial charge is 0.453 e. The maximum atomic E-state index is 13.5. The highest BCUT2D eigenvalue weighted by Crippen LogP contribution is 2.36. The summed E-state index contributed by atoms with van der Waals surface area (Å²) in [6, 6.07) is 9.57. The average molecular weight is 689 g/mol. The van der Waals surface area contributed by atoms with Crippen molar-refractivity contribution in [1.29, 1.82) is 0 Å². The minimum Gasteiger partial charge on any atom is -0.453 e. The molecule has 0 radical (unpaired) electrons. The number of aliphatic hydroxyl groups excluding tert-OH is 1. The summed E-state index contributed by atoms with van der Waals surface area (Å²) >= 11 is 0. The van der Waals surface area contributed by atoms with Gasteiger partial charge < -0.3 is 29.5 Å². The minimum absolute atomic E-state index is 0.0542. The summed E-state index contributed by atoms with van der Waals surface area (Å²) in [5.74, 6) is -0.403. The number of fused-ring (bicyclic) bond motifs is 3. The summed E-state index contributed by atoms with van der Waals surface area (Å²) in [5.41, 5.74) is 0.674. The van der Waals surface area contributed by atoms with Crippen molar-refractivity contribution in [2.45, 2.75) is 88.7 Å². The highest BCUT2D eigenvalue weighted by Gasteiger charge is 2.42. The number of nitrogens with one attached hydrogen (secondary N) is 2. The smallest absolute Gasteiger partial charge is 0.409 e. The topological polar surface area (TPSA) is 154 Å². The van der Waals surface area contributed by atoms with Gasteiger partial charge in [0.2, 0.25) is 0 Å². The van der Waals surface area contributed by atoms with E-state index in [2.05, 4.69) is 20.4 Å². The first-order valence-corrected chi connectivity index (χ1v) is 19.2. The van der Waals surface area contributed by atoms with E-state index in [9.17, 15) is 27.9 Å². The third kappa shape index (κ3) is 8.94. The van der Waals surface area contributed by atoms with Gasteiger partial charge in [-0.15, -0.1) is 0 Å². The molecule has 13 nitrogen and oxygen atoms in total. The Morgan fingerprint density at radius 1 is 1.10 bits per heavy atom. The van der Waals surface area contributed by atoms with Crippen LogP contribution in [0.15, 0.2) is 35.1 Å². The molecule has 3 saturated heterocycles. The van der Waals surface area contributed by atoms with Gasteiger partial charge >= 0.3 is 6.09 Å². The highest BCUT2D eigenvalue weighted by atomic mass is 32.2. The van der Waals surface area contributed by atoms with Gasteiger partial charge in [-0.05, 0) is 76.4 Å². The number of hydrogen-bond acceptors (Lipinski definition) is 10. The second-order valence-corrected chi connectivity index (χ2v) is 16.2. The number of pyridine rings is 1. The maximum absolute atomic E-state index is 13.5. The molecule has 2 amide bonds. The van der Waals surface area contributed by atoms with Gasteiger partial charge in [0.15, 0.2) is 9.84 Å². The van der Waals surface area contributed by atoms with Gasteiger partial charge in [-0.3, -0.25) is 19.8 Å². The molecule has 4 unspecified atom stereocenters. The molecule has 3 aliphatic heterocycles. The van der Waals surface area contributed by atoms with E-state index < -0.39 is 22.0 Å². The molecule has 0 aliphatic carbocycles. The van der Waals surface area contributed by atoms with Crippen LogP contribution in [0, 0.1) is 0 Å². The molecule has 2 aromatic rings. The minimum atomic E-state index is -3.10. The molecule has 3 N–H and O–H groups in total. The van der Waals surface area contributed by atoms with Gasteiger partial charge in [-0.2, -0.15) is 0 Å². The Bertz CT molecular complexity index is 1600. The number of ether oxygens (including phenoxy) is 1. The zero-order valence-corrected chi connectivity index (χ0v) is 29.5. The van der Waals surface area contributed by atoms with Gasteiger partial charge in [0, 0.05) is 62.6 Å². The van der Waals surface area contributed by atoms with E-state index in [1.807, 2.05) is 38.1 Å². The Labute approximate surface area is 283 Å². The molecular formula is C34H52N6O7S. The number of aliphatic hydroxyl groups is 1. The molecule has 4 heterocycles. The summed E-state index contributed by atoms with van der Waals surface area (Å²) in [5, 5.41) is 18.3. The van der Waals surface area contributed by atoms with E-state index in [-0.39, 0.29) is 59.7 Å². The van der Waals surface area contributed by atoms with Crippen LogP contribution < -0.4 is 16.2 Å². The number of carbonyl (C=O) groups excluding carboxylic acids is 2. The van der Waals surface area contributed by atoms with Crippen molar-refractivity contribution < 1.29 is 27.9 Å². The van der Waals surface area contributed by atoms with Gasteiger partial charge in [0.05, 0.1) is 31.2 Å². The van der Waals surface area contributed by atoms with E-state index in [0.717, 1.165) is 56.0 Å². The van der Waals surface area contributed by atoms with Crippen LogP contribution in [0.3, 0.4) is 0 Å². The number of nitrogens with zero attached hydrogens (tertiary/aromatic N) is 4. The number of carbonyl (C=O) groups is 2. The van der Waals surface area contributed by atoms with E-state index in [4.69, 9.17) is 4.74 Å². The molecule has 0 saturated carbocycles. The van der Waals surface area contributed by atoms with Crippen LogP contribution in [0.2, 0.25) is 0 Å². The molecule has 5 rings (SSSR count). The molecule has 48 heavy (non-hydrogen) atoms. The third-order valence-corrected chi connectivity index (χ3v) is 10.7. The number of methoxy groups -OCH3 is 1. The van der Waals surface area contributed by atoms with Gasteiger partial charge in [0.1, 0.15) is 5.56 Å². The molecular weight excluding hydrogens is 636 g/mol. The predicted octanol–water partition coefficient (Wildman–Crippen LogP) is 1.79. The van der Waals surface area contributed by atoms with Gasteiger partial charge in [-0.1, -0.05) is 18.2 Å². The summed E-state index contributed by atoms with van der Waals surface area (Å²) in [4.78, 5) is 45.6. The van der Waals surface area contributed by atoms with Gasteiger partial charge in [-0.25, -0.2) is 13.2 Å². The molecule has 1 aromatic heterocycles. The quantitative estimate of drug-likeness (QED) is 0.284. The Balaban J connectivity index is 1.14. The molecule has 266 valence electrons. The molecule has 14 heteroatoms. The normalized spacial score (nSPS) is 24.1. The molecule has 0 spiro atoms. The van der Waals surface area contributed by atoms with Crippen LogP contribution in [0.4, 0.5) is 4.79 Å². The van der Waals surface area contributed by atoms with Crippen LogP contribution in [0.1, 0.15) is 68.8 Å². The Morgan fingerprint density at radius 2 is 1.81 bits per heavy atom. The van der Waals surface area contributed by atoms with Crippen molar-refractivity contribution in [1.82, 2.24) is 29.9 Å². The Hall–Kier alpha value is -3.04. The van der Waals surface area contributed by atoms with Crippen LogP contribution in [-0.4, -0.2) is 134 Å². The van der Waals surface area contributed by atoms with Crippen LogP contribution >= 0.6 is 0 Å². The monoisotopic (exact) mass is 688 g/mol. The fraction of sp³-hybridized carbons (Fsp3) is 0.676. The standard InChI is InChI=1S/C34H52N6O7S/c1-23(2)40-31-10-6-5-8-24(31)16-30(33(40)43)32(42)36-26-17-27-11-12-28(18-26)39(27)21-29(41)20-38(34(44)47-3)15-14-37-13-7-9-25(19-37)35-22-48(4,45)46/h5-6,8,10,16,23,25-29,35,41H,7,9,11-15,17-22H2,1-4H3,(H,36,42). The molecule has 3 aliphatic rings. The first-order valence-electron chi connectivity index (χ1n) is 17.2. The molecule has 3 fully saturated rings. The fourth-order valence-electron chi connectivity index (χ4n) is 7.81. The second-order valence-electron chi connectivity index (χ2n) is 14.1. The van der Waals surface area contributed by atoms with Crippen LogP contribution in [0.25, 0.3) is 10.9 Å². The second kappa shape index (κ2) is 15.7. The molecule has 2 bridgehead atoms. The SMILES string of the molecule is COC(=O)N(CCN1CCCC(NCS(C)(=O)=O)C1)CC(O)CN1C2CCC1CC(NC(=O)c1cc3ccccc3n(C(C)C)c1=O)C2. The van der Waals surface area contributed by atoms with E-state index in [1.165, 1.54) is 13.4 Å². The zero-order valence-electron chi connectivity index (χ0n) is 28.6. The summed E-state index contributed by atoms with van der Waals surface area (Å²) in [6.45, 7) is 6.95. The summed E-state index contributed by atoms with van der Waals surface area (Å²) in [7, 11) is -1.77. The molecule has 1 aromatic carbocycles. The number of hydrogen-bond donors (Lipinski definition) is 3. The molecule has 4 atom stereocenters. The van der Waals surface area contributed by atoms with Crippen molar-refractivity contribution in [2.24, 2.45) is 0 Å².